The molecule has 0 unspecified atom stereocenters. The molecule has 0 aliphatic heterocycles. The molecule has 0 saturated carbocycles. The summed E-state index contributed by atoms with van der Waals surface area (Å²) in [6.07, 6.45) is 5.76. The van der Waals surface area contributed by atoms with Crippen LogP contribution >= 0.6 is 0 Å². The Labute approximate surface area is 717 Å². The zero-order valence-electron chi connectivity index (χ0n) is 68.0. The molecular weight excluding hydrogens is 1530 g/mol. The van der Waals surface area contributed by atoms with E-state index in [0.29, 0.717) is 0 Å². The van der Waals surface area contributed by atoms with E-state index in [2.05, 4.69) is 360 Å². The third-order valence-corrected chi connectivity index (χ3v) is 25.0. The molecule has 0 spiro atoms. The highest BCUT2D eigenvalue weighted by Gasteiger charge is 2.22. The van der Waals surface area contributed by atoms with Gasteiger partial charge in [0.2, 0.25) is 0 Å². The van der Waals surface area contributed by atoms with Crippen LogP contribution < -0.4 is 0 Å². The topological polar surface area (TPSA) is 117 Å². The number of aryl methyl sites for hydroxylation is 2. The molecule has 26 rings (SSSR count). The Kier molecular flexibility index (Phi) is 17.2. The van der Waals surface area contributed by atoms with Crippen LogP contribution in [0.1, 0.15) is 11.1 Å². The van der Waals surface area contributed by atoms with Crippen LogP contribution in [0.3, 0.4) is 0 Å². The van der Waals surface area contributed by atoms with Gasteiger partial charge in [0, 0.05) is 81.3 Å². The summed E-state index contributed by atoms with van der Waals surface area (Å²) in [7, 11) is 0. The van der Waals surface area contributed by atoms with Crippen molar-refractivity contribution in [2.75, 3.05) is 0 Å². The third kappa shape index (κ3) is 12.4. The lowest BCUT2D eigenvalue weighted by molar-refractivity contribution is 0.668. The number of hydrogen-bond donors (Lipinski definition) is 0. The van der Waals surface area contributed by atoms with Gasteiger partial charge < -0.3 is 13.3 Å². The molecule has 6 aromatic heterocycles. The van der Waals surface area contributed by atoms with E-state index in [1.807, 2.05) is 55.0 Å². The summed E-state index contributed by atoms with van der Waals surface area (Å²) in [4.78, 5) is 30.7. The van der Waals surface area contributed by atoms with Crippen LogP contribution in [0.25, 0.3) is 253 Å². The van der Waals surface area contributed by atoms with Crippen molar-refractivity contribution in [2.24, 2.45) is 0 Å². The van der Waals surface area contributed by atoms with E-state index in [9.17, 15) is 0 Å². The molecule has 0 bridgehead atoms. The number of furan rings is 3. The molecule has 584 valence electrons. The van der Waals surface area contributed by atoms with Crippen LogP contribution in [0.2, 0.25) is 0 Å². The minimum atomic E-state index is 0.856. The van der Waals surface area contributed by atoms with Crippen LogP contribution in [0, 0.1) is 13.8 Å². The summed E-state index contributed by atoms with van der Waals surface area (Å²) in [5, 5.41) is 20.8. The summed E-state index contributed by atoms with van der Waals surface area (Å²) in [6.45, 7) is 4.34. The van der Waals surface area contributed by atoms with Crippen molar-refractivity contribution >= 4 is 164 Å². The van der Waals surface area contributed by atoms with Gasteiger partial charge in [-0.05, 0) is 186 Å². The van der Waals surface area contributed by atoms with Crippen LogP contribution in [-0.2, 0) is 0 Å². The highest BCUT2D eigenvalue weighted by atomic mass is 16.3. The molecule has 0 N–H and O–H groups in total. The van der Waals surface area contributed by atoms with Crippen LogP contribution in [-0.4, -0.2) is 29.9 Å². The minimum absolute atomic E-state index is 0.856. The average Bonchev–Trinajstić information content (AvgIpc) is 1.55. The molecule has 0 fully saturated rings. The number of para-hydroxylation sites is 3. The van der Waals surface area contributed by atoms with E-state index in [4.69, 9.17) is 43.2 Å². The molecule has 0 radical (unpaired) electrons. The predicted molar refractivity (Wildman–Crippen MR) is 518 cm³/mol. The van der Waals surface area contributed by atoms with Gasteiger partial charge in [0.1, 0.15) is 33.5 Å². The molecule has 0 amide bonds. The van der Waals surface area contributed by atoms with Gasteiger partial charge in [0.25, 0.3) is 0 Å². The molecule has 9 nitrogen and oxygen atoms in total. The highest BCUT2D eigenvalue weighted by Crippen LogP contribution is 2.45. The maximum Gasteiger partial charge on any atom is 0.135 e. The largest absolute Gasteiger partial charge is 0.456 e. The van der Waals surface area contributed by atoms with E-state index >= 15 is 0 Å². The summed E-state index contributed by atoms with van der Waals surface area (Å²) >= 11 is 0. The summed E-state index contributed by atoms with van der Waals surface area (Å²) < 4.78 is 18.2. The highest BCUT2D eigenvalue weighted by molar-refractivity contribution is 6.26. The fraction of sp³-hybridized carbons (Fsp3) is 0.0172. The van der Waals surface area contributed by atoms with Gasteiger partial charge in [-0.1, -0.05) is 309 Å². The zero-order chi connectivity index (χ0) is 82.7. The second-order valence-electron chi connectivity index (χ2n) is 32.3. The van der Waals surface area contributed by atoms with Gasteiger partial charge in [-0.3, -0.25) is 15.0 Å². The molecular formula is C116H72N6O3. The Balaban J connectivity index is 0.000000105. The maximum atomic E-state index is 6.11. The van der Waals surface area contributed by atoms with E-state index in [-0.39, 0.29) is 0 Å². The Morgan fingerprint density at radius 2 is 0.424 bits per heavy atom. The van der Waals surface area contributed by atoms with Gasteiger partial charge in [-0.25, -0.2) is 15.0 Å². The van der Waals surface area contributed by atoms with Crippen molar-refractivity contribution < 1.29 is 13.3 Å². The van der Waals surface area contributed by atoms with Crippen molar-refractivity contribution in [3.8, 4) is 89.4 Å². The van der Waals surface area contributed by atoms with Crippen LogP contribution in [0.15, 0.2) is 414 Å². The van der Waals surface area contributed by atoms with Gasteiger partial charge in [0.15, 0.2) is 0 Å². The minimum Gasteiger partial charge on any atom is -0.456 e. The summed E-state index contributed by atoms with van der Waals surface area (Å²) in [5.74, 6) is 0. The average molecular weight is 1600 g/mol. The van der Waals surface area contributed by atoms with E-state index in [1.165, 1.54) is 60.1 Å². The number of nitrogens with zero attached hydrogens (tertiary/aromatic N) is 6. The van der Waals surface area contributed by atoms with Gasteiger partial charge in [0.05, 0.1) is 68.8 Å². The second-order valence-corrected chi connectivity index (χ2v) is 32.3. The molecule has 26 aromatic rings. The third-order valence-electron chi connectivity index (χ3n) is 25.0. The molecule has 125 heavy (non-hydrogen) atoms. The lowest BCUT2D eigenvalue weighted by Gasteiger charge is -2.15. The van der Waals surface area contributed by atoms with Crippen LogP contribution in [0.5, 0.6) is 0 Å². The quantitative estimate of drug-likeness (QED) is 0.137. The summed E-state index contributed by atoms with van der Waals surface area (Å²) in [6, 6.07) is 134. The molecule has 20 aromatic carbocycles. The molecule has 0 atom stereocenters. The molecule has 6 heterocycles. The van der Waals surface area contributed by atoms with Crippen molar-refractivity contribution in [3.05, 3.63) is 412 Å². The van der Waals surface area contributed by atoms with E-state index in [1.54, 1.807) is 0 Å². The Morgan fingerprint density at radius 1 is 0.160 bits per heavy atom. The monoisotopic (exact) mass is 1600 g/mol. The van der Waals surface area contributed by atoms with Crippen molar-refractivity contribution in [1.82, 2.24) is 29.9 Å². The van der Waals surface area contributed by atoms with Gasteiger partial charge >= 0.3 is 0 Å². The standard InChI is InChI=1S/2C40H24N2O.C36H24N2O/c1-3-16-33-30(13-1)31-14-2-4-17-34(31)40-39(33)41-24-36(42-40)29-12-8-11-27(22-29)25-9-7-10-26(21-25)28-19-20-38-35(23-28)32-15-5-6-18-37(32)43-38;1-2-12-27(26(11-1)25-21-22-38-35(23-25)32-17-9-10-20-37(32)43-38)28-13-3-6-16-31(28)36-24-41-39-33-18-7-4-14-29(33)30-15-5-8-19-34(30)40(39)42-36;1-21-18-30(22(2)17-29(21)23-15-16-34-31(19-23)26-11-7-8-14-33(26)39-34)32-20-37-35-27-12-5-3-9-24(27)25-10-4-6-13-28(25)36(35)38-32/h2*1-24H;3-20H,1-2H3. The first-order valence-corrected chi connectivity index (χ1v) is 42.2. The van der Waals surface area contributed by atoms with E-state index in [0.717, 1.165) is 204 Å². The number of aromatic nitrogens is 6. The van der Waals surface area contributed by atoms with Gasteiger partial charge in [-0.2, -0.15) is 0 Å². The first kappa shape index (κ1) is 72.4. The Hall–Kier alpha value is -16.6. The fourth-order valence-corrected chi connectivity index (χ4v) is 19.0. The first-order chi connectivity index (χ1) is 61.8. The normalized spacial score (nSPS) is 11.8. The lowest BCUT2D eigenvalue weighted by atomic mass is 9.90. The number of rotatable bonds is 8. The smallest absolute Gasteiger partial charge is 0.135 e. The van der Waals surface area contributed by atoms with Crippen LogP contribution in [0.4, 0.5) is 0 Å². The van der Waals surface area contributed by atoms with Gasteiger partial charge in [-0.15, -0.1) is 0 Å². The lowest BCUT2D eigenvalue weighted by Crippen LogP contribution is -1.95. The first-order valence-electron chi connectivity index (χ1n) is 42.2. The molecule has 0 saturated heterocycles. The fourth-order valence-electron chi connectivity index (χ4n) is 19.0. The Bertz CT molecular complexity index is 8840. The number of hydrogen-bond acceptors (Lipinski definition) is 9. The summed E-state index contributed by atoms with van der Waals surface area (Å²) in [5.41, 5.74) is 30.9. The van der Waals surface area contributed by atoms with Crippen molar-refractivity contribution in [3.63, 3.8) is 0 Å². The Morgan fingerprint density at radius 3 is 0.848 bits per heavy atom. The van der Waals surface area contributed by atoms with Crippen molar-refractivity contribution in [2.45, 2.75) is 13.8 Å². The van der Waals surface area contributed by atoms with Crippen molar-refractivity contribution in [1.29, 1.82) is 0 Å². The second kappa shape index (κ2) is 29.7. The number of benzene rings is 20. The maximum absolute atomic E-state index is 6.11. The molecule has 0 aliphatic rings. The SMILES string of the molecule is Cc1cc(-c2cnc3c4ccccc4c4ccccc4c3n2)c(C)cc1-c1ccc2oc3ccccc3c2c1.c1cc(-c2cccc(-c3cnc4c5ccccc5c5ccccc5c4n3)c2)cc(-c2ccc3oc4ccccc4c3c2)c1.c1ccc(-c2ccccc2-c2cnc3c4ccccc4c4ccccc4c3n2)c(-c2ccc3oc4ccccc4c3c2)c1. The zero-order valence-corrected chi connectivity index (χ0v) is 68.0. The predicted octanol–water partition coefficient (Wildman–Crippen LogP) is 31.5. The molecule has 0 aliphatic carbocycles. The number of fused-ring (bicyclic) bond motifs is 27. The van der Waals surface area contributed by atoms with E-state index < -0.39 is 0 Å². The molecule has 9 heteroatoms.